The summed E-state index contributed by atoms with van der Waals surface area (Å²) < 4.78 is 16.8. The largest absolute Gasteiger partial charge is 0.331 e. The highest BCUT2D eigenvalue weighted by atomic mass is 19.1. The van der Waals surface area contributed by atoms with Gasteiger partial charge >= 0.3 is 5.69 Å². The summed E-state index contributed by atoms with van der Waals surface area (Å²) >= 11 is 0. The van der Waals surface area contributed by atoms with E-state index in [9.17, 15) is 14.0 Å². The number of rotatable bonds is 14. The van der Waals surface area contributed by atoms with Crippen LogP contribution in [0.1, 0.15) is 96.6 Å². The molecule has 0 spiro atoms. The molecule has 1 aromatic heterocycles. The van der Waals surface area contributed by atoms with Gasteiger partial charge in [-0.25, -0.2) is 4.79 Å². The minimum atomic E-state index is -0.776. The standard InChI is InChI=1S/C21H37FN2O2/c1-4-6-8-10-12-14-16-23-18(3)19(22)20(25)24(21(23)26)17-15-13-11-9-7-5-2/h4-17H2,1-3H3. The van der Waals surface area contributed by atoms with Crippen molar-refractivity contribution < 1.29 is 4.39 Å². The van der Waals surface area contributed by atoms with Crippen LogP contribution in [0.15, 0.2) is 9.59 Å². The molecule has 0 aliphatic heterocycles. The molecule has 150 valence electrons. The van der Waals surface area contributed by atoms with Gasteiger partial charge in [-0.15, -0.1) is 0 Å². The van der Waals surface area contributed by atoms with E-state index in [0.717, 1.165) is 43.1 Å². The predicted octanol–water partition coefficient (Wildman–Crippen LogP) is 5.18. The molecule has 0 bridgehead atoms. The van der Waals surface area contributed by atoms with Gasteiger partial charge in [0.05, 0.1) is 5.69 Å². The Morgan fingerprint density at radius 3 is 1.62 bits per heavy atom. The lowest BCUT2D eigenvalue weighted by Gasteiger charge is -2.14. The number of aromatic nitrogens is 2. The van der Waals surface area contributed by atoms with Gasteiger partial charge in [0.15, 0.2) is 0 Å². The van der Waals surface area contributed by atoms with E-state index >= 15 is 0 Å². The molecule has 1 rings (SSSR count). The number of hydrogen-bond acceptors (Lipinski definition) is 2. The topological polar surface area (TPSA) is 44.0 Å². The molecule has 1 heterocycles. The summed E-state index contributed by atoms with van der Waals surface area (Å²) in [6.07, 6.45) is 13.1. The first kappa shape index (κ1) is 22.7. The van der Waals surface area contributed by atoms with Crippen molar-refractivity contribution in [2.45, 2.75) is 111 Å². The smallest absolute Gasteiger partial charge is 0.295 e. The third-order valence-corrected chi connectivity index (χ3v) is 5.09. The van der Waals surface area contributed by atoms with Gasteiger partial charge in [-0.05, 0) is 19.8 Å². The van der Waals surface area contributed by atoms with Crippen LogP contribution in [-0.4, -0.2) is 9.13 Å². The number of nitrogens with zero attached hydrogens (tertiary/aromatic N) is 2. The van der Waals surface area contributed by atoms with Crippen LogP contribution >= 0.6 is 0 Å². The Hall–Kier alpha value is -1.39. The molecule has 0 radical (unpaired) electrons. The van der Waals surface area contributed by atoms with Crippen LogP contribution in [-0.2, 0) is 13.1 Å². The van der Waals surface area contributed by atoms with E-state index in [1.165, 1.54) is 50.0 Å². The summed E-state index contributed by atoms with van der Waals surface area (Å²) in [5, 5.41) is 0. The second-order valence-electron chi connectivity index (χ2n) is 7.33. The van der Waals surface area contributed by atoms with Gasteiger partial charge < -0.3 is 0 Å². The molecule has 0 aliphatic rings. The monoisotopic (exact) mass is 368 g/mol. The van der Waals surface area contributed by atoms with Crippen molar-refractivity contribution >= 4 is 0 Å². The van der Waals surface area contributed by atoms with Crippen molar-refractivity contribution in [3.63, 3.8) is 0 Å². The molecule has 0 fully saturated rings. The fourth-order valence-corrected chi connectivity index (χ4v) is 3.33. The first-order chi connectivity index (χ1) is 12.5. The molecule has 4 nitrogen and oxygen atoms in total. The molecule has 0 N–H and O–H groups in total. The number of hydrogen-bond donors (Lipinski definition) is 0. The summed E-state index contributed by atoms with van der Waals surface area (Å²) in [6.45, 7) is 6.69. The van der Waals surface area contributed by atoms with E-state index in [2.05, 4.69) is 13.8 Å². The first-order valence-electron chi connectivity index (χ1n) is 10.5. The summed E-state index contributed by atoms with van der Waals surface area (Å²) in [5.41, 5.74) is -0.941. The maximum atomic E-state index is 14.3. The Morgan fingerprint density at radius 1 is 0.692 bits per heavy atom. The highest BCUT2D eigenvalue weighted by Crippen LogP contribution is 2.08. The minimum Gasteiger partial charge on any atom is -0.295 e. The van der Waals surface area contributed by atoms with Crippen molar-refractivity contribution in [1.29, 1.82) is 0 Å². The molecule has 0 saturated carbocycles. The average Bonchev–Trinajstić information content (AvgIpc) is 2.64. The molecule has 26 heavy (non-hydrogen) atoms. The van der Waals surface area contributed by atoms with Crippen LogP contribution in [0.5, 0.6) is 0 Å². The Labute approximate surface area is 157 Å². The minimum absolute atomic E-state index is 0.174. The summed E-state index contributed by atoms with van der Waals surface area (Å²) in [6, 6.07) is 0. The molecule has 1 aromatic rings. The zero-order valence-corrected chi connectivity index (χ0v) is 17.0. The van der Waals surface area contributed by atoms with Crippen LogP contribution in [0.3, 0.4) is 0 Å². The molecule has 0 amide bonds. The van der Waals surface area contributed by atoms with Crippen molar-refractivity contribution in [1.82, 2.24) is 9.13 Å². The lowest BCUT2D eigenvalue weighted by atomic mass is 10.1. The lowest BCUT2D eigenvalue weighted by molar-refractivity contribution is 0.445. The van der Waals surface area contributed by atoms with E-state index in [1.54, 1.807) is 0 Å². The van der Waals surface area contributed by atoms with Crippen LogP contribution in [0.4, 0.5) is 4.39 Å². The van der Waals surface area contributed by atoms with Crippen molar-refractivity contribution in [3.8, 4) is 0 Å². The number of halogens is 1. The SMILES string of the molecule is CCCCCCCCn1c(C)c(F)c(=O)n(CCCCCCCC)c1=O. The van der Waals surface area contributed by atoms with Gasteiger partial charge in [0.25, 0.3) is 5.56 Å². The van der Waals surface area contributed by atoms with Gasteiger partial charge in [0, 0.05) is 13.1 Å². The molecule has 0 saturated heterocycles. The Bertz CT molecular complexity index is 634. The molecule has 0 atom stereocenters. The zero-order valence-electron chi connectivity index (χ0n) is 17.0. The van der Waals surface area contributed by atoms with E-state index in [4.69, 9.17) is 0 Å². The van der Waals surface area contributed by atoms with Gasteiger partial charge in [-0.3, -0.25) is 13.9 Å². The summed E-state index contributed by atoms with van der Waals surface area (Å²) in [5.74, 6) is -0.776. The first-order valence-corrected chi connectivity index (χ1v) is 10.5. The van der Waals surface area contributed by atoms with Crippen molar-refractivity contribution in [2.24, 2.45) is 0 Å². The van der Waals surface area contributed by atoms with Crippen LogP contribution in [0, 0.1) is 12.7 Å². The second-order valence-corrected chi connectivity index (χ2v) is 7.33. The van der Waals surface area contributed by atoms with Crippen molar-refractivity contribution in [3.05, 3.63) is 32.3 Å². The number of unbranched alkanes of at least 4 members (excludes halogenated alkanes) is 10. The third-order valence-electron chi connectivity index (χ3n) is 5.09. The van der Waals surface area contributed by atoms with E-state index < -0.39 is 11.4 Å². The molecule has 5 heteroatoms. The zero-order chi connectivity index (χ0) is 19.4. The van der Waals surface area contributed by atoms with E-state index in [-0.39, 0.29) is 11.4 Å². The van der Waals surface area contributed by atoms with Gasteiger partial charge in [0.1, 0.15) is 0 Å². The Balaban J connectivity index is 2.68. The third kappa shape index (κ3) is 7.08. The van der Waals surface area contributed by atoms with Gasteiger partial charge in [-0.2, -0.15) is 4.39 Å². The maximum Gasteiger partial charge on any atom is 0.331 e. The van der Waals surface area contributed by atoms with Crippen LogP contribution in [0.25, 0.3) is 0 Å². The fourth-order valence-electron chi connectivity index (χ4n) is 3.33. The van der Waals surface area contributed by atoms with E-state index in [0.29, 0.717) is 13.1 Å². The fraction of sp³-hybridized carbons (Fsp3) is 0.810. The summed E-state index contributed by atoms with van der Waals surface area (Å²) in [4.78, 5) is 24.8. The Morgan fingerprint density at radius 2 is 1.12 bits per heavy atom. The van der Waals surface area contributed by atoms with Gasteiger partial charge in [-0.1, -0.05) is 78.1 Å². The van der Waals surface area contributed by atoms with Crippen LogP contribution < -0.4 is 11.2 Å². The highest BCUT2D eigenvalue weighted by molar-refractivity contribution is 5.03. The average molecular weight is 369 g/mol. The summed E-state index contributed by atoms with van der Waals surface area (Å²) in [7, 11) is 0. The Kier molecular flexibility index (Phi) is 11.2. The molecule has 0 unspecified atom stereocenters. The highest BCUT2D eigenvalue weighted by Gasteiger charge is 2.15. The van der Waals surface area contributed by atoms with E-state index in [1.807, 2.05) is 0 Å². The maximum absolute atomic E-state index is 14.3. The second kappa shape index (κ2) is 12.9. The molecular weight excluding hydrogens is 331 g/mol. The molecular formula is C21H37FN2O2. The molecule has 0 aromatic carbocycles. The normalized spacial score (nSPS) is 11.2. The molecule has 0 aliphatic carbocycles. The lowest BCUT2D eigenvalue weighted by Crippen LogP contribution is -2.43. The van der Waals surface area contributed by atoms with Gasteiger partial charge in [0.2, 0.25) is 5.82 Å². The predicted molar refractivity (Wildman–Crippen MR) is 106 cm³/mol. The van der Waals surface area contributed by atoms with Crippen molar-refractivity contribution in [2.75, 3.05) is 0 Å². The van der Waals surface area contributed by atoms with Crippen LogP contribution in [0.2, 0.25) is 0 Å². The quantitative estimate of drug-likeness (QED) is 0.425.